The minimum absolute atomic E-state index is 0.0195. The first-order valence-electron chi connectivity index (χ1n) is 6.53. The number of carbonyl (C=O) groups is 1. The number of amides is 1. The van der Waals surface area contributed by atoms with Gasteiger partial charge in [0.2, 0.25) is 5.91 Å². The SMILES string of the molecule is Cc1ccc(O)c(CN2CCNC(=O)C2CCO)c1. The summed E-state index contributed by atoms with van der Waals surface area (Å²) in [5.74, 6) is 0.201. The molecule has 0 saturated carbocycles. The third-order valence-electron chi connectivity index (χ3n) is 3.45. The van der Waals surface area contributed by atoms with Gasteiger partial charge in [-0.2, -0.15) is 0 Å². The lowest BCUT2D eigenvalue weighted by Gasteiger charge is -2.34. The van der Waals surface area contributed by atoms with E-state index >= 15 is 0 Å². The minimum atomic E-state index is -0.321. The minimum Gasteiger partial charge on any atom is -0.508 e. The summed E-state index contributed by atoms with van der Waals surface area (Å²) in [6.45, 7) is 3.80. The molecule has 1 aromatic carbocycles. The fourth-order valence-electron chi connectivity index (χ4n) is 2.45. The van der Waals surface area contributed by atoms with E-state index in [9.17, 15) is 9.90 Å². The molecule has 1 atom stereocenters. The van der Waals surface area contributed by atoms with Gasteiger partial charge in [0.1, 0.15) is 5.75 Å². The van der Waals surface area contributed by atoms with Crippen LogP contribution < -0.4 is 5.32 Å². The molecule has 1 fully saturated rings. The van der Waals surface area contributed by atoms with Gasteiger partial charge in [-0.05, 0) is 19.4 Å². The van der Waals surface area contributed by atoms with Gasteiger partial charge in [-0.25, -0.2) is 0 Å². The number of nitrogens with one attached hydrogen (secondary N) is 1. The van der Waals surface area contributed by atoms with Crippen molar-refractivity contribution >= 4 is 5.91 Å². The molecule has 5 heteroatoms. The maximum Gasteiger partial charge on any atom is 0.237 e. The number of aliphatic hydroxyl groups excluding tert-OH is 1. The molecule has 1 amide bonds. The Bertz CT molecular complexity index is 462. The maximum absolute atomic E-state index is 11.8. The van der Waals surface area contributed by atoms with Crippen molar-refractivity contribution in [1.82, 2.24) is 10.2 Å². The highest BCUT2D eigenvalue weighted by molar-refractivity contribution is 5.82. The Balaban J connectivity index is 2.15. The zero-order chi connectivity index (χ0) is 13.8. The van der Waals surface area contributed by atoms with Crippen LogP contribution in [-0.4, -0.2) is 46.8 Å². The topological polar surface area (TPSA) is 72.8 Å². The smallest absolute Gasteiger partial charge is 0.237 e. The van der Waals surface area contributed by atoms with E-state index in [1.807, 2.05) is 24.0 Å². The van der Waals surface area contributed by atoms with Crippen LogP contribution >= 0.6 is 0 Å². The standard InChI is InChI=1S/C14H20N2O3/c1-10-2-3-13(18)11(8-10)9-16-6-5-15-14(19)12(16)4-7-17/h2-3,8,12,17-18H,4-7,9H2,1H3,(H,15,19). The van der Waals surface area contributed by atoms with Crippen LogP contribution in [0.3, 0.4) is 0 Å². The third-order valence-corrected chi connectivity index (χ3v) is 3.45. The molecule has 3 N–H and O–H groups in total. The van der Waals surface area contributed by atoms with Crippen LogP contribution in [0.4, 0.5) is 0 Å². The highest BCUT2D eigenvalue weighted by Gasteiger charge is 2.29. The molecule has 0 bridgehead atoms. The number of hydrogen-bond acceptors (Lipinski definition) is 4. The molecule has 1 unspecified atom stereocenters. The summed E-state index contributed by atoms with van der Waals surface area (Å²) in [6.07, 6.45) is 0.415. The third kappa shape index (κ3) is 3.24. The average Bonchev–Trinajstić information content (AvgIpc) is 2.38. The van der Waals surface area contributed by atoms with E-state index in [1.165, 1.54) is 0 Å². The zero-order valence-corrected chi connectivity index (χ0v) is 11.1. The van der Waals surface area contributed by atoms with E-state index in [-0.39, 0.29) is 24.3 Å². The lowest BCUT2D eigenvalue weighted by molar-refractivity contribution is -0.130. The number of aryl methyl sites for hydroxylation is 1. The first-order valence-corrected chi connectivity index (χ1v) is 6.53. The average molecular weight is 264 g/mol. The Hall–Kier alpha value is -1.59. The summed E-state index contributed by atoms with van der Waals surface area (Å²) >= 11 is 0. The first kappa shape index (κ1) is 13.8. The fourth-order valence-corrected chi connectivity index (χ4v) is 2.45. The molecule has 1 heterocycles. The largest absolute Gasteiger partial charge is 0.508 e. The number of nitrogens with zero attached hydrogens (tertiary/aromatic N) is 1. The molecule has 0 aromatic heterocycles. The van der Waals surface area contributed by atoms with Gasteiger partial charge in [0.05, 0.1) is 6.04 Å². The van der Waals surface area contributed by atoms with Crippen molar-refractivity contribution < 1.29 is 15.0 Å². The van der Waals surface area contributed by atoms with Crippen LogP contribution in [-0.2, 0) is 11.3 Å². The Morgan fingerprint density at radius 3 is 3.00 bits per heavy atom. The molecule has 0 aliphatic carbocycles. The molecule has 104 valence electrons. The molecule has 1 saturated heterocycles. The molecule has 0 spiro atoms. The van der Waals surface area contributed by atoms with Crippen LogP contribution in [0.1, 0.15) is 17.5 Å². The molecular weight excluding hydrogens is 244 g/mol. The van der Waals surface area contributed by atoms with Crippen molar-refractivity contribution in [2.24, 2.45) is 0 Å². The number of piperazine rings is 1. The number of phenols is 1. The number of benzene rings is 1. The fraction of sp³-hybridized carbons (Fsp3) is 0.500. The summed E-state index contributed by atoms with van der Waals surface area (Å²) in [5, 5.41) is 21.7. The van der Waals surface area contributed by atoms with Crippen molar-refractivity contribution in [2.75, 3.05) is 19.7 Å². The van der Waals surface area contributed by atoms with Crippen molar-refractivity contribution in [3.8, 4) is 5.75 Å². The van der Waals surface area contributed by atoms with Crippen molar-refractivity contribution in [2.45, 2.75) is 25.9 Å². The van der Waals surface area contributed by atoms with Gasteiger partial charge in [-0.1, -0.05) is 17.7 Å². The summed E-state index contributed by atoms with van der Waals surface area (Å²) in [5.41, 5.74) is 1.89. The molecule has 0 radical (unpaired) electrons. The number of hydrogen-bond donors (Lipinski definition) is 3. The monoisotopic (exact) mass is 264 g/mol. The molecule has 1 aliphatic rings. The quantitative estimate of drug-likeness (QED) is 0.735. The van der Waals surface area contributed by atoms with Gasteiger partial charge in [-0.15, -0.1) is 0 Å². The van der Waals surface area contributed by atoms with E-state index in [0.29, 0.717) is 19.5 Å². The Kier molecular flexibility index (Phi) is 4.39. The molecule has 1 aromatic rings. The van der Waals surface area contributed by atoms with Crippen LogP contribution in [0, 0.1) is 6.92 Å². The summed E-state index contributed by atoms with van der Waals surface area (Å²) < 4.78 is 0. The lowest BCUT2D eigenvalue weighted by atomic mass is 10.1. The van der Waals surface area contributed by atoms with Gasteiger partial charge < -0.3 is 15.5 Å². The van der Waals surface area contributed by atoms with E-state index < -0.39 is 0 Å². The molecule has 1 aliphatic heterocycles. The second kappa shape index (κ2) is 6.04. The molecular formula is C14H20N2O3. The normalized spacial score (nSPS) is 20.3. The number of carbonyl (C=O) groups excluding carboxylic acids is 1. The second-order valence-electron chi connectivity index (χ2n) is 4.92. The molecule has 19 heavy (non-hydrogen) atoms. The van der Waals surface area contributed by atoms with Crippen LogP contribution in [0.2, 0.25) is 0 Å². The van der Waals surface area contributed by atoms with E-state index in [4.69, 9.17) is 5.11 Å². The van der Waals surface area contributed by atoms with Crippen LogP contribution in [0.25, 0.3) is 0 Å². The predicted molar refractivity (Wildman–Crippen MR) is 71.8 cm³/mol. The van der Waals surface area contributed by atoms with Gasteiger partial charge >= 0.3 is 0 Å². The van der Waals surface area contributed by atoms with Crippen LogP contribution in [0.5, 0.6) is 5.75 Å². The maximum atomic E-state index is 11.8. The molecule has 2 rings (SSSR count). The lowest BCUT2D eigenvalue weighted by Crippen LogP contribution is -2.55. The van der Waals surface area contributed by atoms with Gasteiger partial charge in [0, 0.05) is 31.8 Å². The van der Waals surface area contributed by atoms with Crippen molar-refractivity contribution in [1.29, 1.82) is 0 Å². The number of aromatic hydroxyl groups is 1. The van der Waals surface area contributed by atoms with E-state index in [1.54, 1.807) is 6.07 Å². The Morgan fingerprint density at radius 2 is 2.26 bits per heavy atom. The van der Waals surface area contributed by atoms with E-state index in [2.05, 4.69) is 5.32 Å². The van der Waals surface area contributed by atoms with Gasteiger partial charge in [0.15, 0.2) is 0 Å². The van der Waals surface area contributed by atoms with Gasteiger partial charge in [-0.3, -0.25) is 9.69 Å². The first-order chi connectivity index (χ1) is 9.11. The van der Waals surface area contributed by atoms with Crippen molar-refractivity contribution in [3.63, 3.8) is 0 Å². The number of aliphatic hydroxyl groups is 1. The molecule has 5 nitrogen and oxygen atoms in total. The second-order valence-corrected chi connectivity index (χ2v) is 4.92. The van der Waals surface area contributed by atoms with E-state index in [0.717, 1.165) is 17.7 Å². The predicted octanol–water partition coefficient (Wildman–Crippen LogP) is 0.383. The zero-order valence-electron chi connectivity index (χ0n) is 11.1. The van der Waals surface area contributed by atoms with Crippen LogP contribution in [0.15, 0.2) is 18.2 Å². The number of rotatable bonds is 4. The summed E-state index contributed by atoms with van der Waals surface area (Å²) in [6, 6.07) is 5.14. The Labute approximate surface area is 112 Å². The highest BCUT2D eigenvalue weighted by Crippen LogP contribution is 2.22. The van der Waals surface area contributed by atoms with Crippen molar-refractivity contribution in [3.05, 3.63) is 29.3 Å². The Morgan fingerprint density at radius 1 is 1.47 bits per heavy atom. The van der Waals surface area contributed by atoms with Gasteiger partial charge in [0.25, 0.3) is 0 Å². The summed E-state index contributed by atoms with van der Waals surface area (Å²) in [7, 11) is 0. The highest BCUT2D eigenvalue weighted by atomic mass is 16.3. The summed E-state index contributed by atoms with van der Waals surface area (Å²) in [4.78, 5) is 13.8. The number of phenolic OH excluding ortho intramolecular Hbond substituents is 1.